The zero-order chi connectivity index (χ0) is 14.3. The third-order valence-electron chi connectivity index (χ3n) is 4.19. The molecule has 1 aromatic rings. The van der Waals surface area contributed by atoms with Crippen LogP contribution in [0.3, 0.4) is 0 Å². The summed E-state index contributed by atoms with van der Waals surface area (Å²) in [4.78, 5) is 28.0. The molecule has 2 N–H and O–H groups in total. The molecule has 2 bridgehead atoms. The Morgan fingerprint density at radius 2 is 1.95 bits per heavy atom. The third-order valence-corrected chi connectivity index (χ3v) is 4.19. The number of carboxylic acids is 1. The SMILES string of the molecule is Cc1cccc(NC(=O)[C@H]2[C@H](C(=O)O)[C@H]3C=C[C@H]2C3)n1. The summed E-state index contributed by atoms with van der Waals surface area (Å²) >= 11 is 0. The van der Waals surface area contributed by atoms with Gasteiger partial charge < -0.3 is 10.4 Å². The molecule has 0 aliphatic heterocycles. The van der Waals surface area contributed by atoms with Crippen LogP contribution in [0, 0.1) is 30.6 Å². The van der Waals surface area contributed by atoms with Gasteiger partial charge in [0.1, 0.15) is 5.82 Å². The van der Waals surface area contributed by atoms with Crippen molar-refractivity contribution in [2.45, 2.75) is 13.3 Å². The highest BCUT2D eigenvalue weighted by molar-refractivity contribution is 5.95. The smallest absolute Gasteiger partial charge is 0.307 e. The van der Waals surface area contributed by atoms with E-state index < -0.39 is 17.8 Å². The average Bonchev–Trinajstić information content (AvgIpc) is 2.98. The van der Waals surface area contributed by atoms with Gasteiger partial charge in [-0.1, -0.05) is 18.2 Å². The first-order chi connectivity index (χ1) is 9.56. The van der Waals surface area contributed by atoms with E-state index in [0.717, 1.165) is 12.1 Å². The number of pyridine rings is 1. The Morgan fingerprint density at radius 1 is 1.25 bits per heavy atom. The molecule has 0 spiro atoms. The number of hydrogen-bond acceptors (Lipinski definition) is 3. The number of carboxylic acid groups (broad SMARTS) is 1. The molecule has 2 aliphatic rings. The Hall–Kier alpha value is -2.17. The first-order valence-electron chi connectivity index (χ1n) is 6.72. The van der Waals surface area contributed by atoms with Crippen LogP contribution in [0.5, 0.6) is 0 Å². The Labute approximate surface area is 116 Å². The van der Waals surface area contributed by atoms with Gasteiger partial charge in [0.2, 0.25) is 5.91 Å². The van der Waals surface area contributed by atoms with Crippen molar-refractivity contribution in [2.75, 3.05) is 5.32 Å². The summed E-state index contributed by atoms with van der Waals surface area (Å²) in [7, 11) is 0. The minimum Gasteiger partial charge on any atom is -0.481 e. The fourth-order valence-electron chi connectivity index (χ4n) is 3.34. The Morgan fingerprint density at radius 3 is 2.60 bits per heavy atom. The van der Waals surface area contributed by atoms with E-state index in [1.54, 1.807) is 6.07 Å². The molecule has 5 nitrogen and oxygen atoms in total. The number of aliphatic carboxylic acids is 1. The lowest BCUT2D eigenvalue weighted by Gasteiger charge is -2.23. The van der Waals surface area contributed by atoms with Gasteiger partial charge in [-0.2, -0.15) is 0 Å². The minimum absolute atomic E-state index is 0.0151. The van der Waals surface area contributed by atoms with Crippen molar-refractivity contribution < 1.29 is 14.7 Å². The second kappa shape index (κ2) is 4.74. The predicted molar refractivity (Wildman–Crippen MR) is 73.0 cm³/mol. The van der Waals surface area contributed by atoms with Gasteiger partial charge in [0.05, 0.1) is 11.8 Å². The number of rotatable bonds is 3. The van der Waals surface area contributed by atoms with Crippen molar-refractivity contribution in [1.29, 1.82) is 0 Å². The van der Waals surface area contributed by atoms with Gasteiger partial charge in [-0.3, -0.25) is 9.59 Å². The molecule has 1 heterocycles. The van der Waals surface area contributed by atoms with Crippen molar-refractivity contribution in [1.82, 2.24) is 4.98 Å². The van der Waals surface area contributed by atoms with E-state index in [9.17, 15) is 14.7 Å². The van der Waals surface area contributed by atoms with Crippen LogP contribution in [-0.4, -0.2) is 22.0 Å². The number of anilines is 1. The van der Waals surface area contributed by atoms with Crippen LogP contribution < -0.4 is 5.32 Å². The summed E-state index contributed by atoms with van der Waals surface area (Å²) < 4.78 is 0. The molecule has 4 atom stereocenters. The largest absolute Gasteiger partial charge is 0.481 e. The molecule has 0 unspecified atom stereocenters. The zero-order valence-corrected chi connectivity index (χ0v) is 11.1. The van der Waals surface area contributed by atoms with Crippen molar-refractivity contribution in [2.24, 2.45) is 23.7 Å². The summed E-state index contributed by atoms with van der Waals surface area (Å²) in [6, 6.07) is 5.37. The first-order valence-corrected chi connectivity index (χ1v) is 6.72. The van der Waals surface area contributed by atoms with E-state index in [1.165, 1.54) is 0 Å². The van der Waals surface area contributed by atoms with Gasteiger partial charge in [-0.15, -0.1) is 0 Å². The predicted octanol–water partition coefficient (Wildman–Crippen LogP) is 1.85. The summed E-state index contributed by atoms with van der Waals surface area (Å²) in [5.41, 5.74) is 0.811. The Kier molecular flexibility index (Phi) is 3.04. The molecule has 20 heavy (non-hydrogen) atoms. The summed E-state index contributed by atoms with van der Waals surface area (Å²) in [5, 5.41) is 12.1. The minimum atomic E-state index is -0.890. The van der Waals surface area contributed by atoms with Crippen LogP contribution in [0.25, 0.3) is 0 Å². The van der Waals surface area contributed by atoms with Crippen LogP contribution in [0.2, 0.25) is 0 Å². The quantitative estimate of drug-likeness (QED) is 0.823. The monoisotopic (exact) mass is 272 g/mol. The topological polar surface area (TPSA) is 79.3 Å². The van der Waals surface area contributed by atoms with E-state index in [0.29, 0.717) is 5.82 Å². The molecule has 1 saturated carbocycles. The van der Waals surface area contributed by atoms with Gasteiger partial charge in [-0.05, 0) is 37.3 Å². The highest BCUT2D eigenvalue weighted by Gasteiger charge is 2.51. The summed E-state index contributed by atoms with van der Waals surface area (Å²) in [6.45, 7) is 1.84. The molecule has 3 rings (SSSR count). The van der Waals surface area contributed by atoms with Crippen molar-refractivity contribution in [3.8, 4) is 0 Å². The third kappa shape index (κ3) is 2.09. The maximum absolute atomic E-state index is 12.4. The average molecular weight is 272 g/mol. The van der Waals surface area contributed by atoms with Crippen molar-refractivity contribution in [3.05, 3.63) is 36.0 Å². The molecule has 0 saturated heterocycles. The molecule has 2 aliphatic carbocycles. The van der Waals surface area contributed by atoms with Gasteiger partial charge in [-0.25, -0.2) is 4.98 Å². The standard InChI is InChI=1S/C15H16N2O3/c1-8-3-2-4-11(16-8)17-14(18)12-9-5-6-10(7-9)13(12)15(19)20/h2-6,9-10,12-13H,7H2,1H3,(H,19,20)(H,16,17,18)/t9-,10-,12+,13+/m0/s1. The fraction of sp³-hybridized carbons (Fsp3) is 0.400. The Balaban J connectivity index is 1.80. The molecular formula is C15H16N2O3. The van der Waals surface area contributed by atoms with Crippen LogP contribution in [0.1, 0.15) is 12.1 Å². The van der Waals surface area contributed by atoms with Crippen LogP contribution in [-0.2, 0) is 9.59 Å². The zero-order valence-electron chi connectivity index (χ0n) is 11.1. The highest BCUT2D eigenvalue weighted by atomic mass is 16.4. The number of amides is 1. The van der Waals surface area contributed by atoms with Crippen molar-refractivity contribution >= 4 is 17.7 Å². The second-order valence-corrected chi connectivity index (χ2v) is 5.49. The van der Waals surface area contributed by atoms with E-state index in [1.807, 2.05) is 31.2 Å². The molecule has 0 aromatic carbocycles. The normalized spacial score (nSPS) is 30.4. The van der Waals surface area contributed by atoms with E-state index >= 15 is 0 Å². The molecular weight excluding hydrogens is 256 g/mol. The molecule has 0 radical (unpaired) electrons. The number of aryl methyl sites for hydroxylation is 1. The van der Waals surface area contributed by atoms with Crippen LogP contribution in [0.15, 0.2) is 30.4 Å². The molecule has 5 heteroatoms. The lowest BCUT2D eigenvalue weighted by Crippen LogP contribution is -2.36. The van der Waals surface area contributed by atoms with E-state index in [-0.39, 0.29) is 17.7 Å². The number of nitrogens with zero attached hydrogens (tertiary/aromatic N) is 1. The Bertz CT molecular complexity index is 597. The lowest BCUT2D eigenvalue weighted by molar-refractivity contribution is -0.146. The fourth-order valence-corrected chi connectivity index (χ4v) is 3.34. The van der Waals surface area contributed by atoms with Crippen molar-refractivity contribution in [3.63, 3.8) is 0 Å². The number of aromatic nitrogens is 1. The summed E-state index contributed by atoms with van der Waals surface area (Å²) in [6.07, 6.45) is 4.66. The maximum atomic E-state index is 12.4. The first kappa shape index (κ1) is 12.8. The summed E-state index contributed by atoms with van der Waals surface area (Å²) in [5.74, 6) is -1.75. The van der Waals surface area contributed by atoms with Gasteiger partial charge in [0.25, 0.3) is 0 Å². The molecule has 1 fully saturated rings. The van der Waals surface area contributed by atoms with Crippen LogP contribution >= 0.6 is 0 Å². The number of carbonyl (C=O) groups excluding carboxylic acids is 1. The lowest BCUT2D eigenvalue weighted by atomic mass is 9.82. The highest BCUT2D eigenvalue weighted by Crippen LogP contribution is 2.48. The number of fused-ring (bicyclic) bond motifs is 2. The number of hydrogen-bond donors (Lipinski definition) is 2. The van der Waals surface area contributed by atoms with E-state index in [4.69, 9.17) is 0 Å². The maximum Gasteiger partial charge on any atom is 0.307 e. The second-order valence-electron chi connectivity index (χ2n) is 5.49. The molecule has 1 aromatic heterocycles. The number of nitrogens with one attached hydrogen (secondary N) is 1. The van der Waals surface area contributed by atoms with Gasteiger partial charge in [0.15, 0.2) is 0 Å². The van der Waals surface area contributed by atoms with Gasteiger partial charge >= 0.3 is 5.97 Å². The molecule has 104 valence electrons. The van der Waals surface area contributed by atoms with Crippen LogP contribution in [0.4, 0.5) is 5.82 Å². The molecule has 1 amide bonds. The number of carbonyl (C=O) groups is 2. The van der Waals surface area contributed by atoms with Gasteiger partial charge in [0, 0.05) is 5.69 Å². The van der Waals surface area contributed by atoms with E-state index in [2.05, 4.69) is 10.3 Å². The number of allylic oxidation sites excluding steroid dienone is 2.